The van der Waals surface area contributed by atoms with E-state index in [0.29, 0.717) is 13.1 Å². The zero-order valence-corrected chi connectivity index (χ0v) is 11.5. The van der Waals surface area contributed by atoms with Crippen LogP contribution in [0, 0.1) is 0 Å². The van der Waals surface area contributed by atoms with E-state index in [1.807, 2.05) is 12.1 Å². The summed E-state index contributed by atoms with van der Waals surface area (Å²) in [4.78, 5) is 10.5. The highest BCUT2D eigenvalue weighted by molar-refractivity contribution is 5.67. The van der Waals surface area contributed by atoms with Crippen molar-refractivity contribution in [1.82, 2.24) is 5.32 Å². The third kappa shape index (κ3) is 5.28. The molecule has 0 saturated carbocycles. The Bertz CT molecular complexity index is 421. The molecular formula is C14H22N2O3. The molecular weight excluding hydrogens is 244 g/mol. The Labute approximate surface area is 113 Å². The van der Waals surface area contributed by atoms with Gasteiger partial charge in [0.2, 0.25) is 0 Å². The SMILES string of the molecule is CCc1cc(CNCC(N)CC(=O)O)ccc1OC. The molecule has 0 aliphatic heterocycles. The Morgan fingerprint density at radius 3 is 2.84 bits per heavy atom. The topological polar surface area (TPSA) is 84.6 Å². The van der Waals surface area contributed by atoms with Crippen LogP contribution < -0.4 is 15.8 Å². The number of methoxy groups -OCH3 is 1. The number of aliphatic carboxylic acids is 1. The van der Waals surface area contributed by atoms with Crippen molar-refractivity contribution in [3.8, 4) is 5.75 Å². The van der Waals surface area contributed by atoms with Gasteiger partial charge in [-0.2, -0.15) is 0 Å². The summed E-state index contributed by atoms with van der Waals surface area (Å²) in [5.74, 6) is 0.0286. The number of carbonyl (C=O) groups is 1. The first-order valence-electron chi connectivity index (χ1n) is 6.40. The minimum atomic E-state index is -0.869. The summed E-state index contributed by atoms with van der Waals surface area (Å²) in [7, 11) is 1.66. The Morgan fingerprint density at radius 2 is 2.26 bits per heavy atom. The van der Waals surface area contributed by atoms with Gasteiger partial charge in [-0.25, -0.2) is 0 Å². The molecule has 0 amide bonds. The lowest BCUT2D eigenvalue weighted by atomic mass is 10.1. The van der Waals surface area contributed by atoms with Crippen molar-refractivity contribution in [2.24, 2.45) is 5.73 Å². The second-order valence-electron chi connectivity index (χ2n) is 4.49. The lowest BCUT2D eigenvalue weighted by Gasteiger charge is -2.12. The number of hydrogen-bond donors (Lipinski definition) is 3. The first-order valence-corrected chi connectivity index (χ1v) is 6.40. The van der Waals surface area contributed by atoms with E-state index in [9.17, 15) is 4.79 Å². The standard InChI is InChI=1S/C14H22N2O3/c1-3-11-6-10(4-5-13(11)19-2)8-16-9-12(15)7-14(17)18/h4-6,12,16H,3,7-9,15H2,1-2H3,(H,17,18). The molecule has 5 heteroatoms. The second kappa shape index (κ2) is 7.76. The van der Waals surface area contributed by atoms with E-state index in [0.717, 1.165) is 23.3 Å². The molecule has 0 spiro atoms. The monoisotopic (exact) mass is 266 g/mol. The van der Waals surface area contributed by atoms with Crippen molar-refractivity contribution >= 4 is 5.97 Å². The largest absolute Gasteiger partial charge is 0.496 e. The van der Waals surface area contributed by atoms with E-state index in [1.54, 1.807) is 7.11 Å². The Hall–Kier alpha value is -1.59. The first kappa shape index (κ1) is 15.5. The smallest absolute Gasteiger partial charge is 0.304 e. The number of carboxylic acids is 1. The van der Waals surface area contributed by atoms with Crippen LogP contribution in [0.15, 0.2) is 18.2 Å². The Morgan fingerprint density at radius 1 is 1.53 bits per heavy atom. The van der Waals surface area contributed by atoms with Gasteiger partial charge in [-0.05, 0) is 23.6 Å². The molecule has 0 radical (unpaired) electrons. The molecule has 1 aromatic carbocycles. The number of nitrogens with one attached hydrogen (secondary N) is 1. The van der Waals surface area contributed by atoms with Crippen LogP contribution in [0.1, 0.15) is 24.5 Å². The molecule has 0 heterocycles. The lowest BCUT2D eigenvalue weighted by molar-refractivity contribution is -0.137. The Kier molecular flexibility index (Phi) is 6.32. The quantitative estimate of drug-likeness (QED) is 0.657. The number of benzene rings is 1. The molecule has 1 rings (SSSR count). The van der Waals surface area contributed by atoms with Gasteiger partial charge in [0.15, 0.2) is 0 Å². The number of nitrogens with two attached hydrogens (primary N) is 1. The fourth-order valence-corrected chi connectivity index (χ4v) is 1.92. The van der Waals surface area contributed by atoms with E-state index in [4.69, 9.17) is 15.6 Å². The molecule has 0 saturated heterocycles. The molecule has 0 aromatic heterocycles. The van der Waals surface area contributed by atoms with Gasteiger partial charge in [-0.3, -0.25) is 4.79 Å². The van der Waals surface area contributed by atoms with Gasteiger partial charge < -0.3 is 20.9 Å². The molecule has 1 unspecified atom stereocenters. The average molecular weight is 266 g/mol. The van der Waals surface area contributed by atoms with Crippen LogP contribution in [0.25, 0.3) is 0 Å². The van der Waals surface area contributed by atoms with Crippen molar-refractivity contribution in [2.45, 2.75) is 32.4 Å². The van der Waals surface area contributed by atoms with Crippen LogP contribution in [0.2, 0.25) is 0 Å². The fraction of sp³-hybridized carbons (Fsp3) is 0.500. The maximum Gasteiger partial charge on any atom is 0.304 e. The molecule has 4 N–H and O–H groups in total. The predicted octanol–water partition coefficient (Wildman–Crippen LogP) is 1.15. The predicted molar refractivity (Wildman–Crippen MR) is 74.3 cm³/mol. The highest BCUT2D eigenvalue weighted by Crippen LogP contribution is 2.20. The third-order valence-electron chi connectivity index (χ3n) is 2.90. The van der Waals surface area contributed by atoms with Crippen molar-refractivity contribution < 1.29 is 14.6 Å². The minimum Gasteiger partial charge on any atom is -0.496 e. The van der Waals surface area contributed by atoms with Crippen molar-refractivity contribution in [3.05, 3.63) is 29.3 Å². The van der Waals surface area contributed by atoms with Gasteiger partial charge in [0.1, 0.15) is 5.75 Å². The maximum absolute atomic E-state index is 10.5. The lowest BCUT2D eigenvalue weighted by Crippen LogP contribution is -2.35. The average Bonchev–Trinajstić information content (AvgIpc) is 2.37. The van der Waals surface area contributed by atoms with Gasteiger partial charge >= 0.3 is 5.97 Å². The zero-order valence-electron chi connectivity index (χ0n) is 11.5. The molecule has 0 bridgehead atoms. The minimum absolute atomic E-state index is 0.0180. The van der Waals surface area contributed by atoms with E-state index in [1.165, 1.54) is 0 Å². The van der Waals surface area contributed by atoms with Crippen molar-refractivity contribution in [1.29, 1.82) is 0 Å². The van der Waals surface area contributed by atoms with Crippen LogP contribution in [0.4, 0.5) is 0 Å². The normalized spacial score (nSPS) is 12.2. The number of hydrogen-bond acceptors (Lipinski definition) is 4. The van der Waals surface area contributed by atoms with Crippen LogP contribution in [-0.2, 0) is 17.8 Å². The highest BCUT2D eigenvalue weighted by atomic mass is 16.5. The van der Waals surface area contributed by atoms with Crippen LogP contribution in [0.3, 0.4) is 0 Å². The van der Waals surface area contributed by atoms with Crippen LogP contribution >= 0.6 is 0 Å². The molecule has 0 aliphatic carbocycles. The Balaban J connectivity index is 2.47. The number of ether oxygens (including phenoxy) is 1. The number of rotatable bonds is 8. The molecule has 0 aliphatic rings. The fourth-order valence-electron chi connectivity index (χ4n) is 1.92. The van der Waals surface area contributed by atoms with Crippen LogP contribution in [0.5, 0.6) is 5.75 Å². The molecule has 19 heavy (non-hydrogen) atoms. The molecule has 0 fully saturated rings. The third-order valence-corrected chi connectivity index (χ3v) is 2.90. The van der Waals surface area contributed by atoms with E-state index < -0.39 is 5.97 Å². The number of carboxylic acid groups (broad SMARTS) is 1. The van der Waals surface area contributed by atoms with Crippen molar-refractivity contribution in [2.75, 3.05) is 13.7 Å². The summed E-state index contributed by atoms with van der Waals surface area (Å²) in [5.41, 5.74) is 7.98. The van der Waals surface area contributed by atoms with Gasteiger partial charge in [0.05, 0.1) is 13.5 Å². The van der Waals surface area contributed by atoms with E-state index >= 15 is 0 Å². The summed E-state index contributed by atoms with van der Waals surface area (Å²) in [6.45, 7) is 3.24. The first-order chi connectivity index (χ1) is 9.06. The summed E-state index contributed by atoms with van der Waals surface area (Å²) >= 11 is 0. The summed E-state index contributed by atoms with van der Waals surface area (Å²) in [6.07, 6.45) is 0.894. The maximum atomic E-state index is 10.5. The molecule has 106 valence electrons. The van der Waals surface area contributed by atoms with E-state index in [-0.39, 0.29) is 12.5 Å². The molecule has 1 atom stereocenters. The zero-order chi connectivity index (χ0) is 14.3. The van der Waals surface area contributed by atoms with Gasteiger partial charge in [-0.15, -0.1) is 0 Å². The van der Waals surface area contributed by atoms with Gasteiger partial charge in [0.25, 0.3) is 0 Å². The summed E-state index contributed by atoms with van der Waals surface area (Å²) in [5, 5.41) is 11.8. The highest BCUT2D eigenvalue weighted by Gasteiger charge is 2.07. The molecule has 1 aromatic rings. The summed E-state index contributed by atoms with van der Waals surface area (Å²) in [6, 6.07) is 5.68. The second-order valence-corrected chi connectivity index (χ2v) is 4.49. The van der Waals surface area contributed by atoms with Gasteiger partial charge in [-0.1, -0.05) is 19.1 Å². The molecule has 5 nitrogen and oxygen atoms in total. The summed E-state index contributed by atoms with van der Waals surface area (Å²) < 4.78 is 5.27. The number of aryl methyl sites for hydroxylation is 1. The van der Waals surface area contributed by atoms with Gasteiger partial charge in [0, 0.05) is 19.1 Å². The van der Waals surface area contributed by atoms with Crippen LogP contribution in [-0.4, -0.2) is 30.8 Å². The van der Waals surface area contributed by atoms with E-state index in [2.05, 4.69) is 18.3 Å². The van der Waals surface area contributed by atoms with Crippen molar-refractivity contribution in [3.63, 3.8) is 0 Å².